The number of amides is 1. The third kappa shape index (κ3) is 2.21. The zero-order chi connectivity index (χ0) is 9.14. The van der Waals surface area contributed by atoms with E-state index in [0.717, 1.165) is 6.42 Å². The lowest BCUT2D eigenvalue weighted by Crippen LogP contribution is -2.39. The normalized spacial score (nSPS) is 27.0. The molecule has 0 saturated carbocycles. The van der Waals surface area contributed by atoms with Crippen LogP contribution in [0.4, 0.5) is 0 Å². The van der Waals surface area contributed by atoms with Gasteiger partial charge in [-0.05, 0) is 18.3 Å². The van der Waals surface area contributed by atoms with Crippen molar-refractivity contribution in [3.63, 3.8) is 0 Å². The summed E-state index contributed by atoms with van der Waals surface area (Å²) in [4.78, 5) is 11.0. The molecule has 1 aliphatic heterocycles. The van der Waals surface area contributed by atoms with E-state index in [1.807, 2.05) is 13.8 Å². The number of rotatable bonds is 2. The number of nitrogens with one attached hydrogen (secondary N) is 1. The first kappa shape index (κ1) is 9.52. The van der Waals surface area contributed by atoms with E-state index in [9.17, 15) is 9.90 Å². The fourth-order valence-corrected chi connectivity index (χ4v) is 1.65. The molecule has 70 valence electrons. The molecular formula is C9H17NO2. The number of carbonyl (C=O) groups excluding carboxylic acids is 1. The van der Waals surface area contributed by atoms with Crippen LogP contribution >= 0.6 is 0 Å². The quantitative estimate of drug-likeness (QED) is 0.636. The Labute approximate surface area is 73.2 Å². The van der Waals surface area contributed by atoms with Crippen molar-refractivity contribution in [1.82, 2.24) is 5.32 Å². The fourth-order valence-electron chi connectivity index (χ4n) is 1.65. The van der Waals surface area contributed by atoms with Gasteiger partial charge in [0.2, 0.25) is 5.91 Å². The molecule has 1 amide bonds. The van der Waals surface area contributed by atoms with E-state index < -0.39 is 0 Å². The molecule has 1 heterocycles. The highest BCUT2D eigenvalue weighted by molar-refractivity contribution is 5.76. The second-order valence-electron chi connectivity index (χ2n) is 3.84. The van der Waals surface area contributed by atoms with Crippen LogP contribution in [-0.4, -0.2) is 23.7 Å². The Morgan fingerprint density at radius 3 is 2.75 bits per heavy atom. The average Bonchev–Trinajstić information content (AvgIpc) is 2.03. The Bertz CT molecular complexity index is 168. The van der Waals surface area contributed by atoms with E-state index in [2.05, 4.69) is 5.32 Å². The number of aliphatic hydroxyl groups excluding tert-OH is 1. The summed E-state index contributed by atoms with van der Waals surface area (Å²) in [6.07, 6.45) is 1.07. The van der Waals surface area contributed by atoms with E-state index in [1.54, 1.807) is 0 Å². The fraction of sp³-hybridized carbons (Fsp3) is 0.889. The molecule has 2 atom stereocenters. The van der Waals surface area contributed by atoms with Gasteiger partial charge in [-0.15, -0.1) is 0 Å². The van der Waals surface area contributed by atoms with Gasteiger partial charge in [-0.3, -0.25) is 4.79 Å². The van der Waals surface area contributed by atoms with E-state index in [4.69, 9.17) is 0 Å². The largest absolute Gasteiger partial charge is 0.393 e. The van der Waals surface area contributed by atoms with Gasteiger partial charge in [0.15, 0.2) is 0 Å². The summed E-state index contributed by atoms with van der Waals surface area (Å²) in [6, 6.07) is 0. The maximum Gasteiger partial charge on any atom is 0.220 e. The van der Waals surface area contributed by atoms with Crippen LogP contribution in [0.1, 0.15) is 26.7 Å². The SMILES string of the molecule is CC(C)C(O)C1CCNC(=O)C1. The van der Waals surface area contributed by atoms with Gasteiger partial charge in [0.25, 0.3) is 0 Å². The lowest BCUT2D eigenvalue weighted by molar-refractivity contribution is -0.125. The molecule has 12 heavy (non-hydrogen) atoms. The summed E-state index contributed by atoms with van der Waals surface area (Å²) < 4.78 is 0. The van der Waals surface area contributed by atoms with Crippen molar-refractivity contribution in [1.29, 1.82) is 0 Å². The van der Waals surface area contributed by atoms with Gasteiger partial charge < -0.3 is 10.4 Å². The van der Waals surface area contributed by atoms with Crippen LogP contribution < -0.4 is 5.32 Å². The van der Waals surface area contributed by atoms with Crippen molar-refractivity contribution in [3.8, 4) is 0 Å². The smallest absolute Gasteiger partial charge is 0.220 e. The van der Waals surface area contributed by atoms with E-state index in [-0.39, 0.29) is 23.8 Å². The summed E-state index contributed by atoms with van der Waals surface area (Å²) >= 11 is 0. The Morgan fingerprint density at radius 1 is 1.58 bits per heavy atom. The van der Waals surface area contributed by atoms with Gasteiger partial charge in [0.1, 0.15) is 0 Å². The summed E-state index contributed by atoms with van der Waals surface area (Å²) in [5, 5.41) is 12.4. The third-order valence-electron chi connectivity index (χ3n) is 2.45. The molecule has 0 bridgehead atoms. The first-order valence-electron chi connectivity index (χ1n) is 4.56. The predicted octanol–water partition coefficient (Wildman–Crippen LogP) is 0.529. The molecule has 0 aliphatic carbocycles. The molecule has 1 fully saturated rings. The zero-order valence-electron chi connectivity index (χ0n) is 7.71. The van der Waals surface area contributed by atoms with E-state index in [0.29, 0.717) is 13.0 Å². The minimum Gasteiger partial charge on any atom is -0.393 e. The van der Waals surface area contributed by atoms with Crippen LogP contribution in [0.25, 0.3) is 0 Å². The molecule has 3 heteroatoms. The zero-order valence-corrected chi connectivity index (χ0v) is 7.71. The minimum atomic E-state index is -0.323. The number of hydrogen-bond acceptors (Lipinski definition) is 2. The van der Waals surface area contributed by atoms with Crippen LogP contribution in [0, 0.1) is 11.8 Å². The molecule has 0 radical (unpaired) electrons. The molecule has 0 spiro atoms. The van der Waals surface area contributed by atoms with Crippen molar-refractivity contribution >= 4 is 5.91 Å². The highest BCUT2D eigenvalue weighted by Gasteiger charge is 2.27. The van der Waals surface area contributed by atoms with Crippen LogP contribution in [0.15, 0.2) is 0 Å². The third-order valence-corrected chi connectivity index (χ3v) is 2.45. The van der Waals surface area contributed by atoms with Gasteiger partial charge in [0.05, 0.1) is 6.10 Å². The summed E-state index contributed by atoms with van der Waals surface area (Å²) in [7, 11) is 0. The highest BCUT2D eigenvalue weighted by atomic mass is 16.3. The minimum absolute atomic E-state index is 0.0750. The Morgan fingerprint density at radius 2 is 2.25 bits per heavy atom. The van der Waals surface area contributed by atoms with Crippen molar-refractivity contribution < 1.29 is 9.90 Å². The maximum absolute atomic E-state index is 11.0. The first-order valence-corrected chi connectivity index (χ1v) is 4.56. The number of aliphatic hydroxyl groups is 1. The number of hydrogen-bond donors (Lipinski definition) is 2. The van der Waals surface area contributed by atoms with Crippen molar-refractivity contribution in [3.05, 3.63) is 0 Å². The summed E-state index contributed by atoms with van der Waals surface area (Å²) in [5.74, 6) is 0.491. The lowest BCUT2D eigenvalue weighted by Gasteiger charge is -2.28. The van der Waals surface area contributed by atoms with Crippen molar-refractivity contribution in [2.45, 2.75) is 32.8 Å². The Hall–Kier alpha value is -0.570. The highest BCUT2D eigenvalue weighted by Crippen LogP contribution is 2.21. The van der Waals surface area contributed by atoms with Gasteiger partial charge in [0, 0.05) is 13.0 Å². The Balaban J connectivity index is 2.45. The summed E-state index contributed by atoms with van der Waals surface area (Å²) in [5.41, 5.74) is 0. The summed E-state index contributed by atoms with van der Waals surface area (Å²) in [6.45, 7) is 4.68. The maximum atomic E-state index is 11.0. The molecule has 2 unspecified atom stereocenters. The molecule has 0 aromatic heterocycles. The molecule has 1 saturated heterocycles. The second-order valence-corrected chi connectivity index (χ2v) is 3.84. The monoisotopic (exact) mass is 171 g/mol. The molecule has 3 nitrogen and oxygen atoms in total. The van der Waals surface area contributed by atoms with E-state index in [1.165, 1.54) is 0 Å². The van der Waals surface area contributed by atoms with Gasteiger partial charge in [-0.2, -0.15) is 0 Å². The van der Waals surface area contributed by atoms with Gasteiger partial charge in [-0.1, -0.05) is 13.8 Å². The number of piperidine rings is 1. The predicted molar refractivity (Wildman–Crippen MR) is 46.6 cm³/mol. The van der Waals surface area contributed by atoms with Crippen molar-refractivity contribution in [2.24, 2.45) is 11.8 Å². The molecule has 1 rings (SSSR count). The molecule has 0 aromatic carbocycles. The van der Waals surface area contributed by atoms with Crippen LogP contribution in [0.3, 0.4) is 0 Å². The lowest BCUT2D eigenvalue weighted by atomic mass is 9.86. The molecule has 2 N–H and O–H groups in total. The van der Waals surface area contributed by atoms with Crippen LogP contribution in [-0.2, 0) is 4.79 Å². The van der Waals surface area contributed by atoms with Crippen LogP contribution in [0.5, 0.6) is 0 Å². The van der Waals surface area contributed by atoms with E-state index >= 15 is 0 Å². The second kappa shape index (κ2) is 3.90. The van der Waals surface area contributed by atoms with Crippen LogP contribution in [0.2, 0.25) is 0 Å². The standard InChI is InChI=1S/C9H17NO2/c1-6(2)9(12)7-3-4-10-8(11)5-7/h6-7,9,12H,3-5H2,1-2H3,(H,10,11). The number of carbonyl (C=O) groups is 1. The molecule has 0 aromatic rings. The topological polar surface area (TPSA) is 49.3 Å². The first-order chi connectivity index (χ1) is 5.61. The average molecular weight is 171 g/mol. The van der Waals surface area contributed by atoms with Gasteiger partial charge >= 0.3 is 0 Å². The molecule has 1 aliphatic rings. The van der Waals surface area contributed by atoms with Crippen molar-refractivity contribution in [2.75, 3.05) is 6.54 Å². The Kier molecular flexibility index (Phi) is 3.09. The van der Waals surface area contributed by atoms with Gasteiger partial charge in [-0.25, -0.2) is 0 Å². The molecular weight excluding hydrogens is 154 g/mol.